The quantitative estimate of drug-likeness (QED) is 0.484. The molecule has 1 aromatic rings. The van der Waals surface area contributed by atoms with Crippen molar-refractivity contribution in [3.63, 3.8) is 0 Å². The molecule has 1 rings (SSSR count). The van der Waals surface area contributed by atoms with Gasteiger partial charge in [-0.25, -0.2) is 4.39 Å². The minimum Gasteiger partial charge on any atom is -0.314 e. The average molecular weight is 141 g/mol. The highest BCUT2D eigenvalue weighted by molar-refractivity contribution is 5.16. The van der Waals surface area contributed by atoms with E-state index in [0.29, 0.717) is 5.56 Å². The van der Waals surface area contributed by atoms with Crippen molar-refractivity contribution in [2.24, 2.45) is 0 Å². The van der Waals surface area contributed by atoms with Crippen molar-refractivity contribution >= 4 is 0 Å². The molecule has 1 atom stereocenters. The summed E-state index contributed by atoms with van der Waals surface area (Å²) in [7, 11) is 0. The van der Waals surface area contributed by atoms with Crippen LogP contribution in [0.2, 0.25) is 0 Å². The van der Waals surface area contributed by atoms with Crippen LogP contribution >= 0.6 is 0 Å². The van der Waals surface area contributed by atoms with Crippen LogP contribution in [-0.2, 0) is 0 Å². The number of hydrogen-bond acceptors (Lipinski definition) is 2. The van der Waals surface area contributed by atoms with Crippen LogP contribution in [0, 0.1) is 0 Å². The summed E-state index contributed by atoms with van der Waals surface area (Å²) in [6, 6.07) is 8.38. The monoisotopic (exact) mass is 141 g/mol. The van der Waals surface area contributed by atoms with Gasteiger partial charge in [-0.1, -0.05) is 30.3 Å². The number of alkyl halides is 1. The van der Waals surface area contributed by atoms with Gasteiger partial charge < -0.3 is 5.21 Å². The number of benzene rings is 1. The van der Waals surface area contributed by atoms with Crippen LogP contribution in [0.3, 0.4) is 0 Å². The second-order valence-electron chi connectivity index (χ2n) is 1.90. The van der Waals surface area contributed by atoms with E-state index < -0.39 is 6.30 Å². The summed E-state index contributed by atoms with van der Waals surface area (Å²) in [6.45, 7) is 0. The molecule has 0 amide bonds. The SMILES string of the molecule is ONC(F)c1ccccc1. The molecule has 1 aromatic carbocycles. The first-order valence-electron chi connectivity index (χ1n) is 2.93. The van der Waals surface area contributed by atoms with Crippen LogP contribution in [-0.4, -0.2) is 5.21 Å². The first-order chi connectivity index (χ1) is 4.84. The molecular weight excluding hydrogens is 133 g/mol. The highest BCUT2D eigenvalue weighted by Crippen LogP contribution is 2.11. The molecule has 2 N–H and O–H groups in total. The van der Waals surface area contributed by atoms with Gasteiger partial charge in [0.2, 0.25) is 0 Å². The van der Waals surface area contributed by atoms with Gasteiger partial charge in [-0.05, 0) is 0 Å². The Morgan fingerprint density at radius 3 is 2.40 bits per heavy atom. The third-order valence-corrected chi connectivity index (χ3v) is 1.21. The molecule has 0 saturated heterocycles. The van der Waals surface area contributed by atoms with Gasteiger partial charge in [0.25, 0.3) is 0 Å². The zero-order valence-electron chi connectivity index (χ0n) is 5.29. The standard InChI is InChI=1S/C7H8FNO/c8-7(9-10)6-4-2-1-3-5-6/h1-5,7,9-10H. The van der Waals surface area contributed by atoms with E-state index in [0.717, 1.165) is 0 Å². The second kappa shape index (κ2) is 3.29. The van der Waals surface area contributed by atoms with Gasteiger partial charge in [0.15, 0.2) is 6.30 Å². The Hall–Kier alpha value is -0.930. The predicted octanol–water partition coefficient (Wildman–Crippen LogP) is 1.63. The molecule has 0 bridgehead atoms. The Morgan fingerprint density at radius 1 is 1.30 bits per heavy atom. The van der Waals surface area contributed by atoms with E-state index in [2.05, 4.69) is 0 Å². The minimum absolute atomic E-state index is 0.421. The van der Waals surface area contributed by atoms with E-state index in [4.69, 9.17) is 5.21 Å². The molecule has 0 fully saturated rings. The van der Waals surface area contributed by atoms with Crippen molar-refractivity contribution in [1.29, 1.82) is 0 Å². The molecular formula is C7H8FNO. The number of rotatable bonds is 2. The van der Waals surface area contributed by atoms with Gasteiger partial charge in [0.05, 0.1) is 0 Å². The van der Waals surface area contributed by atoms with Crippen LogP contribution in [0.4, 0.5) is 4.39 Å². The summed E-state index contributed by atoms with van der Waals surface area (Å²) in [5.74, 6) is 0. The average Bonchev–Trinajstić information content (AvgIpc) is 2.05. The lowest BCUT2D eigenvalue weighted by Crippen LogP contribution is -2.11. The molecule has 0 spiro atoms. The van der Waals surface area contributed by atoms with Crippen LogP contribution < -0.4 is 5.48 Å². The van der Waals surface area contributed by atoms with Crippen molar-refractivity contribution in [2.75, 3.05) is 0 Å². The molecule has 0 heterocycles. The third kappa shape index (κ3) is 1.52. The lowest BCUT2D eigenvalue weighted by molar-refractivity contribution is 0.0592. The zero-order chi connectivity index (χ0) is 7.40. The number of hydrogen-bond donors (Lipinski definition) is 2. The Bertz CT molecular complexity index is 190. The van der Waals surface area contributed by atoms with E-state index >= 15 is 0 Å². The fourth-order valence-electron chi connectivity index (χ4n) is 0.697. The molecule has 1 unspecified atom stereocenters. The molecule has 0 saturated carbocycles. The molecule has 0 radical (unpaired) electrons. The van der Waals surface area contributed by atoms with Crippen LogP contribution in [0.25, 0.3) is 0 Å². The predicted molar refractivity (Wildman–Crippen MR) is 35.2 cm³/mol. The fourth-order valence-corrected chi connectivity index (χ4v) is 0.697. The lowest BCUT2D eigenvalue weighted by Gasteiger charge is -2.03. The summed E-state index contributed by atoms with van der Waals surface area (Å²) in [4.78, 5) is 0. The maximum atomic E-state index is 12.5. The Kier molecular flexibility index (Phi) is 2.36. The second-order valence-corrected chi connectivity index (χ2v) is 1.90. The van der Waals surface area contributed by atoms with Crippen molar-refractivity contribution in [3.8, 4) is 0 Å². The highest BCUT2D eigenvalue weighted by atomic mass is 19.1. The van der Waals surface area contributed by atoms with Crippen molar-refractivity contribution in [1.82, 2.24) is 5.48 Å². The van der Waals surface area contributed by atoms with E-state index in [1.807, 2.05) is 0 Å². The number of nitrogens with one attached hydrogen (secondary N) is 1. The topological polar surface area (TPSA) is 32.3 Å². The van der Waals surface area contributed by atoms with Gasteiger partial charge in [0.1, 0.15) is 0 Å². The van der Waals surface area contributed by atoms with Gasteiger partial charge >= 0.3 is 0 Å². The summed E-state index contributed by atoms with van der Waals surface area (Å²) in [5.41, 5.74) is 1.94. The fraction of sp³-hybridized carbons (Fsp3) is 0.143. The smallest absolute Gasteiger partial charge is 0.197 e. The largest absolute Gasteiger partial charge is 0.314 e. The minimum atomic E-state index is -1.48. The van der Waals surface area contributed by atoms with Crippen LogP contribution in [0.5, 0.6) is 0 Å². The highest BCUT2D eigenvalue weighted by Gasteiger charge is 2.04. The van der Waals surface area contributed by atoms with Gasteiger partial charge in [-0.2, -0.15) is 5.48 Å². The van der Waals surface area contributed by atoms with Gasteiger partial charge in [-0.3, -0.25) is 0 Å². The molecule has 0 aliphatic heterocycles. The van der Waals surface area contributed by atoms with Gasteiger partial charge in [-0.15, -0.1) is 0 Å². The Morgan fingerprint density at radius 2 is 1.90 bits per heavy atom. The molecule has 0 aromatic heterocycles. The maximum Gasteiger partial charge on any atom is 0.197 e. The summed E-state index contributed by atoms with van der Waals surface area (Å²) < 4.78 is 12.5. The van der Waals surface area contributed by atoms with E-state index in [9.17, 15) is 4.39 Å². The first-order valence-corrected chi connectivity index (χ1v) is 2.93. The molecule has 3 heteroatoms. The van der Waals surface area contributed by atoms with Gasteiger partial charge in [0, 0.05) is 5.56 Å². The molecule has 0 aliphatic carbocycles. The van der Waals surface area contributed by atoms with Crippen molar-refractivity contribution in [2.45, 2.75) is 6.30 Å². The van der Waals surface area contributed by atoms with Crippen LogP contribution in [0.1, 0.15) is 11.9 Å². The van der Waals surface area contributed by atoms with Crippen molar-refractivity contribution < 1.29 is 9.60 Å². The van der Waals surface area contributed by atoms with Crippen LogP contribution in [0.15, 0.2) is 30.3 Å². The summed E-state index contributed by atoms with van der Waals surface area (Å²) in [5, 5.41) is 8.16. The Balaban J connectivity index is 2.75. The Labute approximate surface area is 58.3 Å². The maximum absolute atomic E-state index is 12.5. The molecule has 0 aliphatic rings. The molecule has 10 heavy (non-hydrogen) atoms. The third-order valence-electron chi connectivity index (χ3n) is 1.21. The van der Waals surface area contributed by atoms with E-state index in [1.165, 1.54) is 5.48 Å². The zero-order valence-corrected chi connectivity index (χ0v) is 5.29. The normalized spacial score (nSPS) is 13.0. The summed E-state index contributed by atoms with van der Waals surface area (Å²) in [6.07, 6.45) is -1.48. The van der Waals surface area contributed by atoms with E-state index in [1.54, 1.807) is 30.3 Å². The number of halogens is 1. The molecule has 2 nitrogen and oxygen atoms in total. The summed E-state index contributed by atoms with van der Waals surface area (Å²) >= 11 is 0. The van der Waals surface area contributed by atoms with Crippen molar-refractivity contribution in [3.05, 3.63) is 35.9 Å². The molecule has 54 valence electrons. The first kappa shape index (κ1) is 7.18. The number of hydroxylamine groups is 1. The van der Waals surface area contributed by atoms with E-state index in [-0.39, 0.29) is 0 Å². The lowest BCUT2D eigenvalue weighted by atomic mass is 10.2.